The average Bonchev–Trinajstić information content (AvgIpc) is 3.76. The summed E-state index contributed by atoms with van der Waals surface area (Å²) >= 11 is 0. The second-order valence-corrected chi connectivity index (χ2v) is 15.3. The lowest BCUT2D eigenvalue weighted by Gasteiger charge is -2.13. The van der Waals surface area contributed by atoms with Crippen molar-refractivity contribution in [2.45, 2.75) is 0 Å². The van der Waals surface area contributed by atoms with E-state index in [-0.39, 0.29) is 0 Å². The smallest absolute Gasteiger partial charge is 0.160 e. The molecule has 0 unspecified atom stereocenters. The van der Waals surface area contributed by atoms with Crippen LogP contribution in [0.4, 0.5) is 0 Å². The van der Waals surface area contributed by atoms with Gasteiger partial charge in [-0.15, -0.1) is 0 Å². The van der Waals surface area contributed by atoms with E-state index in [0.29, 0.717) is 5.82 Å². The molecule has 0 aliphatic rings. The SMILES string of the molecule is c1ccc(-c2ccc(-c3cc(-c4ccc(-c5ccc6cc(-c7ccccc7)n7nc(-c8ccccc8)c(-c8ccccc8)c7c6c5)cc4)nc(-c4ccccc4)n3)cc2)cc1. The van der Waals surface area contributed by atoms with E-state index in [9.17, 15) is 0 Å². The second kappa shape index (κ2) is 15.5. The first-order valence-corrected chi connectivity index (χ1v) is 20.6. The standard InChI is InChI=1S/C57H38N4/c1-6-16-39(17-7-1)40-26-30-42(31-27-40)51-38-52(59-57(58-51)47-24-14-5-15-25-47)43-32-28-41(29-33-43)48-34-35-49-37-53(44-18-8-2-9-19-44)61-56(50(49)36-48)54(45-20-10-3-11-21-45)55(60-61)46-22-12-4-13-23-46/h1-38H. The molecule has 61 heavy (non-hydrogen) atoms. The van der Waals surface area contributed by atoms with Gasteiger partial charge >= 0.3 is 0 Å². The van der Waals surface area contributed by atoms with Gasteiger partial charge in [0.15, 0.2) is 5.82 Å². The number of fused-ring (bicyclic) bond motifs is 3. The molecule has 0 fully saturated rings. The molecule has 0 aliphatic carbocycles. The third-order valence-electron chi connectivity index (χ3n) is 11.5. The molecule has 0 saturated carbocycles. The van der Waals surface area contributed by atoms with Crippen LogP contribution in [0.2, 0.25) is 0 Å². The zero-order chi connectivity index (χ0) is 40.5. The van der Waals surface area contributed by atoms with E-state index in [4.69, 9.17) is 15.1 Å². The first-order chi connectivity index (χ1) is 30.2. The van der Waals surface area contributed by atoms with E-state index in [2.05, 4.69) is 211 Å². The van der Waals surface area contributed by atoms with Gasteiger partial charge in [0.25, 0.3) is 0 Å². The van der Waals surface area contributed by atoms with Gasteiger partial charge in [-0.1, -0.05) is 212 Å². The monoisotopic (exact) mass is 778 g/mol. The Kier molecular flexibility index (Phi) is 9.14. The number of aromatic nitrogens is 4. The predicted octanol–water partition coefficient (Wildman–Crippen LogP) is 14.6. The van der Waals surface area contributed by atoms with Crippen molar-refractivity contribution in [3.63, 3.8) is 0 Å². The van der Waals surface area contributed by atoms with Gasteiger partial charge in [0.05, 0.1) is 22.6 Å². The summed E-state index contributed by atoms with van der Waals surface area (Å²) in [6.45, 7) is 0. The van der Waals surface area contributed by atoms with Crippen molar-refractivity contribution in [1.29, 1.82) is 0 Å². The molecule has 4 nitrogen and oxygen atoms in total. The summed E-state index contributed by atoms with van der Waals surface area (Å²) in [5, 5.41) is 7.71. The zero-order valence-electron chi connectivity index (χ0n) is 33.2. The highest BCUT2D eigenvalue weighted by Gasteiger charge is 2.22. The van der Waals surface area contributed by atoms with E-state index in [0.717, 1.165) is 89.1 Å². The lowest BCUT2D eigenvalue weighted by atomic mass is 9.94. The van der Waals surface area contributed by atoms with Gasteiger partial charge in [0, 0.05) is 38.8 Å². The van der Waals surface area contributed by atoms with Crippen LogP contribution in [0.5, 0.6) is 0 Å². The topological polar surface area (TPSA) is 43.1 Å². The maximum atomic E-state index is 5.41. The molecule has 4 heteroatoms. The van der Waals surface area contributed by atoms with Crippen LogP contribution in [-0.4, -0.2) is 19.6 Å². The first-order valence-electron chi connectivity index (χ1n) is 20.6. The molecule has 0 spiro atoms. The summed E-state index contributed by atoms with van der Waals surface area (Å²) in [5.41, 5.74) is 16.9. The molecule has 0 radical (unpaired) electrons. The maximum Gasteiger partial charge on any atom is 0.160 e. The van der Waals surface area contributed by atoms with Crippen molar-refractivity contribution >= 4 is 16.3 Å². The van der Waals surface area contributed by atoms with Crippen LogP contribution in [0, 0.1) is 0 Å². The van der Waals surface area contributed by atoms with Crippen LogP contribution in [0.1, 0.15) is 0 Å². The summed E-state index contributed by atoms with van der Waals surface area (Å²) < 4.78 is 2.15. The molecule has 11 rings (SSSR count). The van der Waals surface area contributed by atoms with Gasteiger partial charge in [0.1, 0.15) is 5.69 Å². The van der Waals surface area contributed by atoms with Crippen LogP contribution in [0.3, 0.4) is 0 Å². The fourth-order valence-corrected chi connectivity index (χ4v) is 8.36. The molecule has 0 bridgehead atoms. The van der Waals surface area contributed by atoms with Crippen molar-refractivity contribution in [2.75, 3.05) is 0 Å². The van der Waals surface area contributed by atoms with Gasteiger partial charge in [-0.2, -0.15) is 5.10 Å². The van der Waals surface area contributed by atoms with Gasteiger partial charge in [-0.3, -0.25) is 0 Å². The number of nitrogens with zero attached hydrogens (tertiary/aromatic N) is 4. The van der Waals surface area contributed by atoms with E-state index in [1.165, 1.54) is 11.1 Å². The number of pyridine rings is 1. The molecular weight excluding hydrogens is 741 g/mol. The maximum absolute atomic E-state index is 5.41. The molecule has 3 heterocycles. The number of hydrogen-bond acceptors (Lipinski definition) is 3. The summed E-state index contributed by atoms with van der Waals surface area (Å²) in [4.78, 5) is 10.2. The van der Waals surface area contributed by atoms with Crippen molar-refractivity contribution < 1.29 is 0 Å². The minimum absolute atomic E-state index is 0.697. The molecule has 0 aliphatic heterocycles. The largest absolute Gasteiger partial charge is 0.231 e. The number of hydrogen-bond donors (Lipinski definition) is 0. The first kappa shape index (κ1) is 35.9. The van der Waals surface area contributed by atoms with Crippen molar-refractivity contribution in [1.82, 2.24) is 19.6 Å². The Morgan fingerprint density at radius 3 is 1.30 bits per heavy atom. The minimum Gasteiger partial charge on any atom is -0.231 e. The minimum atomic E-state index is 0.697. The summed E-state index contributed by atoms with van der Waals surface area (Å²) in [7, 11) is 0. The van der Waals surface area contributed by atoms with Gasteiger partial charge in [0.2, 0.25) is 0 Å². The third kappa shape index (κ3) is 6.86. The average molecular weight is 779 g/mol. The summed E-state index contributed by atoms with van der Waals surface area (Å²) in [6, 6.07) is 81.0. The molecule has 11 aromatic rings. The fourth-order valence-electron chi connectivity index (χ4n) is 8.36. The Bertz CT molecular complexity index is 3290. The molecule has 0 amide bonds. The van der Waals surface area contributed by atoms with Gasteiger partial charge < -0.3 is 0 Å². The van der Waals surface area contributed by atoms with E-state index in [1.54, 1.807) is 0 Å². The quantitative estimate of drug-likeness (QED) is 0.154. The number of rotatable bonds is 8. The third-order valence-corrected chi connectivity index (χ3v) is 11.5. The Morgan fingerprint density at radius 1 is 0.311 bits per heavy atom. The molecule has 286 valence electrons. The van der Waals surface area contributed by atoms with E-state index < -0.39 is 0 Å². The van der Waals surface area contributed by atoms with Crippen LogP contribution in [-0.2, 0) is 0 Å². The highest BCUT2D eigenvalue weighted by Crippen LogP contribution is 2.42. The highest BCUT2D eigenvalue weighted by atomic mass is 15.2. The second-order valence-electron chi connectivity index (χ2n) is 15.3. The van der Waals surface area contributed by atoms with Crippen molar-refractivity contribution in [2.24, 2.45) is 0 Å². The van der Waals surface area contributed by atoms with Crippen LogP contribution in [0.15, 0.2) is 231 Å². The van der Waals surface area contributed by atoms with Crippen molar-refractivity contribution in [3.8, 4) is 89.8 Å². The lowest BCUT2D eigenvalue weighted by molar-refractivity contribution is 0.979. The van der Waals surface area contributed by atoms with E-state index >= 15 is 0 Å². The molecule has 3 aromatic heterocycles. The summed E-state index contributed by atoms with van der Waals surface area (Å²) in [5.74, 6) is 0.697. The highest BCUT2D eigenvalue weighted by molar-refractivity contribution is 6.09. The number of benzene rings is 8. The molecule has 0 atom stereocenters. The molecule has 0 N–H and O–H groups in total. The Hall–Kier alpha value is -8.21. The Labute approximate surface area is 354 Å². The molecular formula is C57H38N4. The van der Waals surface area contributed by atoms with Gasteiger partial charge in [-0.25, -0.2) is 14.5 Å². The fraction of sp³-hybridized carbons (Fsp3) is 0. The zero-order valence-corrected chi connectivity index (χ0v) is 33.2. The van der Waals surface area contributed by atoms with Crippen LogP contribution >= 0.6 is 0 Å². The lowest BCUT2D eigenvalue weighted by Crippen LogP contribution is -1.96. The predicted molar refractivity (Wildman–Crippen MR) is 252 cm³/mol. The van der Waals surface area contributed by atoms with Crippen LogP contribution < -0.4 is 0 Å². The van der Waals surface area contributed by atoms with Gasteiger partial charge in [-0.05, 0) is 51.4 Å². The Morgan fingerprint density at radius 2 is 0.738 bits per heavy atom. The summed E-state index contributed by atoms with van der Waals surface area (Å²) in [6.07, 6.45) is 0. The molecule has 0 saturated heterocycles. The Balaban J connectivity index is 1.03. The normalized spacial score (nSPS) is 11.3. The van der Waals surface area contributed by atoms with Crippen molar-refractivity contribution in [3.05, 3.63) is 231 Å². The molecule has 8 aromatic carbocycles. The van der Waals surface area contributed by atoms with E-state index in [1.807, 2.05) is 24.3 Å². The van der Waals surface area contributed by atoms with Crippen LogP contribution in [0.25, 0.3) is 106 Å².